The second-order valence-electron chi connectivity index (χ2n) is 2.95. The number of aliphatic hydroxyl groups excluding tert-OH is 1. The van der Waals surface area contributed by atoms with Crippen LogP contribution in [0, 0.1) is 0 Å². The van der Waals surface area contributed by atoms with Crippen LogP contribution in [-0.4, -0.2) is 15.1 Å². The van der Waals surface area contributed by atoms with E-state index in [9.17, 15) is 0 Å². The molecule has 1 aromatic carbocycles. The molecule has 0 aliphatic heterocycles. The Morgan fingerprint density at radius 1 is 1.13 bits per heavy atom. The van der Waals surface area contributed by atoms with E-state index in [1.54, 1.807) is 30.4 Å². The van der Waals surface area contributed by atoms with E-state index in [4.69, 9.17) is 5.11 Å². The lowest BCUT2D eigenvalue weighted by molar-refractivity contribution is 0.282. The maximum atomic E-state index is 8.89. The molecule has 0 radical (unpaired) electrons. The Kier molecular flexibility index (Phi) is 3.32. The SMILES string of the molecule is OCc1ccc(Sc2cnccn2)cc1. The molecule has 15 heavy (non-hydrogen) atoms. The van der Waals surface area contributed by atoms with Gasteiger partial charge in [0.1, 0.15) is 5.03 Å². The highest BCUT2D eigenvalue weighted by atomic mass is 32.2. The van der Waals surface area contributed by atoms with Crippen molar-refractivity contribution in [3.8, 4) is 0 Å². The zero-order valence-electron chi connectivity index (χ0n) is 8.00. The number of hydrogen-bond donors (Lipinski definition) is 1. The Morgan fingerprint density at radius 2 is 1.93 bits per heavy atom. The van der Waals surface area contributed by atoms with Crippen molar-refractivity contribution < 1.29 is 5.11 Å². The van der Waals surface area contributed by atoms with Gasteiger partial charge in [-0.3, -0.25) is 4.98 Å². The fraction of sp³-hybridized carbons (Fsp3) is 0.0909. The molecule has 0 amide bonds. The molecule has 0 spiro atoms. The van der Waals surface area contributed by atoms with Gasteiger partial charge < -0.3 is 5.11 Å². The second-order valence-corrected chi connectivity index (χ2v) is 4.04. The van der Waals surface area contributed by atoms with Gasteiger partial charge in [-0.15, -0.1) is 0 Å². The van der Waals surface area contributed by atoms with Gasteiger partial charge in [-0.2, -0.15) is 0 Å². The molecule has 0 unspecified atom stereocenters. The van der Waals surface area contributed by atoms with Gasteiger partial charge in [-0.1, -0.05) is 23.9 Å². The summed E-state index contributed by atoms with van der Waals surface area (Å²) in [5, 5.41) is 9.76. The molecule has 4 heteroatoms. The molecule has 0 fully saturated rings. The Hall–Kier alpha value is -1.39. The van der Waals surface area contributed by atoms with Crippen molar-refractivity contribution in [2.75, 3.05) is 0 Å². The van der Waals surface area contributed by atoms with Gasteiger partial charge in [-0.25, -0.2) is 4.98 Å². The molecule has 0 saturated heterocycles. The van der Waals surface area contributed by atoms with Gasteiger partial charge in [0, 0.05) is 17.3 Å². The average Bonchev–Trinajstić information content (AvgIpc) is 2.31. The van der Waals surface area contributed by atoms with Gasteiger partial charge in [0.2, 0.25) is 0 Å². The third kappa shape index (κ3) is 2.78. The number of aromatic nitrogens is 2. The zero-order valence-corrected chi connectivity index (χ0v) is 8.81. The summed E-state index contributed by atoms with van der Waals surface area (Å²) in [6.45, 7) is 0.0795. The quantitative estimate of drug-likeness (QED) is 0.857. The van der Waals surface area contributed by atoms with Crippen LogP contribution in [0.1, 0.15) is 5.56 Å². The molecule has 1 heterocycles. The first-order chi connectivity index (χ1) is 7.38. The Bertz CT molecular complexity index is 416. The van der Waals surface area contributed by atoms with Crippen molar-refractivity contribution in [1.29, 1.82) is 0 Å². The molecule has 0 atom stereocenters. The van der Waals surface area contributed by atoms with E-state index < -0.39 is 0 Å². The van der Waals surface area contributed by atoms with E-state index in [1.165, 1.54) is 0 Å². The fourth-order valence-corrected chi connectivity index (χ4v) is 1.86. The van der Waals surface area contributed by atoms with Crippen LogP contribution in [0.4, 0.5) is 0 Å². The minimum atomic E-state index is 0.0795. The predicted molar refractivity (Wildman–Crippen MR) is 58.5 cm³/mol. The van der Waals surface area contributed by atoms with Crippen LogP contribution in [0.15, 0.2) is 52.8 Å². The molecule has 2 aromatic rings. The van der Waals surface area contributed by atoms with Gasteiger partial charge in [0.05, 0.1) is 12.8 Å². The first-order valence-corrected chi connectivity index (χ1v) is 5.34. The predicted octanol–water partition coefficient (Wildman–Crippen LogP) is 2.12. The van der Waals surface area contributed by atoms with E-state index in [0.29, 0.717) is 0 Å². The second kappa shape index (κ2) is 4.91. The van der Waals surface area contributed by atoms with Crippen LogP contribution >= 0.6 is 11.8 Å². The van der Waals surface area contributed by atoms with E-state index in [2.05, 4.69) is 9.97 Å². The van der Waals surface area contributed by atoms with Crippen LogP contribution in [-0.2, 0) is 6.61 Å². The van der Waals surface area contributed by atoms with Crippen LogP contribution in [0.2, 0.25) is 0 Å². The normalized spacial score (nSPS) is 10.2. The van der Waals surface area contributed by atoms with Crippen LogP contribution < -0.4 is 0 Å². The number of aliphatic hydroxyl groups is 1. The van der Waals surface area contributed by atoms with Gasteiger partial charge in [-0.05, 0) is 17.7 Å². The number of benzene rings is 1. The largest absolute Gasteiger partial charge is 0.392 e. The first kappa shape index (κ1) is 10.1. The van der Waals surface area contributed by atoms with E-state index in [0.717, 1.165) is 15.5 Å². The summed E-state index contributed by atoms with van der Waals surface area (Å²) in [7, 11) is 0. The van der Waals surface area contributed by atoms with Crippen LogP contribution in [0.3, 0.4) is 0 Å². The number of rotatable bonds is 3. The highest BCUT2D eigenvalue weighted by Crippen LogP contribution is 2.24. The molecule has 0 bridgehead atoms. The average molecular weight is 218 g/mol. The summed E-state index contributed by atoms with van der Waals surface area (Å²) in [5.74, 6) is 0. The summed E-state index contributed by atoms with van der Waals surface area (Å²) in [4.78, 5) is 9.25. The third-order valence-corrected chi connectivity index (χ3v) is 2.80. The summed E-state index contributed by atoms with van der Waals surface area (Å²) < 4.78 is 0. The fourth-order valence-electron chi connectivity index (χ4n) is 1.12. The maximum Gasteiger partial charge on any atom is 0.119 e. The van der Waals surface area contributed by atoms with Crippen molar-refractivity contribution >= 4 is 11.8 Å². The maximum absolute atomic E-state index is 8.89. The van der Waals surface area contributed by atoms with Gasteiger partial charge in [0.25, 0.3) is 0 Å². The Balaban J connectivity index is 2.11. The van der Waals surface area contributed by atoms with Crippen LogP contribution in [0.5, 0.6) is 0 Å². The van der Waals surface area contributed by atoms with E-state index in [-0.39, 0.29) is 6.61 Å². The van der Waals surface area contributed by atoms with Crippen LogP contribution in [0.25, 0.3) is 0 Å². The third-order valence-electron chi connectivity index (χ3n) is 1.87. The molecule has 1 aromatic heterocycles. The monoisotopic (exact) mass is 218 g/mol. The molecular weight excluding hydrogens is 208 g/mol. The molecule has 0 aliphatic rings. The summed E-state index contributed by atoms with van der Waals surface area (Å²) in [6.07, 6.45) is 5.05. The highest BCUT2D eigenvalue weighted by molar-refractivity contribution is 7.99. The standard InChI is InChI=1S/C11H10N2OS/c14-8-9-1-3-10(4-2-9)15-11-7-12-5-6-13-11/h1-7,14H,8H2. The van der Waals surface area contributed by atoms with Crippen molar-refractivity contribution in [3.05, 3.63) is 48.4 Å². The smallest absolute Gasteiger partial charge is 0.119 e. The summed E-state index contributed by atoms with van der Waals surface area (Å²) >= 11 is 1.55. The van der Waals surface area contributed by atoms with E-state index >= 15 is 0 Å². The lowest BCUT2D eigenvalue weighted by atomic mass is 10.2. The topological polar surface area (TPSA) is 46.0 Å². The summed E-state index contributed by atoms with van der Waals surface area (Å²) in [5.41, 5.74) is 0.915. The Labute approximate surface area is 92.2 Å². The number of hydrogen-bond acceptors (Lipinski definition) is 4. The lowest BCUT2D eigenvalue weighted by Crippen LogP contribution is -1.83. The molecule has 2 rings (SSSR count). The van der Waals surface area contributed by atoms with Crippen molar-refractivity contribution in [1.82, 2.24) is 9.97 Å². The molecule has 0 aliphatic carbocycles. The van der Waals surface area contributed by atoms with E-state index in [1.807, 2.05) is 24.3 Å². The summed E-state index contributed by atoms with van der Waals surface area (Å²) in [6, 6.07) is 7.73. The highest BCUT2D eigenvalue weighted by Gasteiger charge is 1.98. The molecule has 3 nitrogen and oxygen atoms in total. The Morgan fingerprint density at radius 3 is 2.53 bits per heavy atom. The molecule has 0 saturated carbocycles. The first-order valence-electron chi connectivity index (χ1n) is 4.52. The van der Waals surface area contributed by atoms with Gasteiger partial charge in [0.15, 0.2) is 0 Å². The molecular formula is C11H10N2OS. The van der Waals surface area contributed by atoms with Crippen molar-refractivity contribution in [3.63, 3.8) is 0 Å². The van der Waals surface area contributed by atoms with Crippen molar-refractivity contribution in [2.45, 2.75) is 16.5 Å². The van der Waals surface area contributed by atoms with Crippen molar-refractivity contribution in [2.24, 2.45) is 0 Å². The molecule has 1 N–H and O–H groups in total. The lowest BCUT2D eigenvalue weighted by Gasteiger charge is -2.00. The van der Waals surface area contributed by atoms with Gasteiger partial charge >= 0.3 is 0 Å². The molecule has 76 valence electrons. The number of nitrogens with zero attached hydrogens (tertiary/aromatic N) is 2. The zero-order chi connectivity index (χ0) is 10.5. The minimum absolute atomic E-state index is 0.0795. The minimum Gasteiger partial charge on any atom is -0.392 e.